The molecular weight excluding hydrogens is 368 g/mol. The topological polar surface area (TPSA) is 24.9 Å². The minimum absolute atomic E-state index is 0.844. The molecule has 1 N–H and O–H groups in total. The van der Waals surface area contributed by atoms with E-state index in [9.17, 15) is 0 Å². The van der Waals surface area contributed by atoms with Crippen LogP contribution in [0.2, 0.25) is 0 Å². The van der Waals surface area contributed by atoms with Crippen molar-refractivity contribution in [2.45, 2.75) is 45.6 Å². The molecule has 0 spiro atoms. The molecule has 0 unspecified atom stereocenters. The van der Waals surface area contributed by atoms with Crippen molar-refractivity contribution in [2.24, 2.45) is 11.8 Å². The van der Waals surface area contributed by atoms with E-state index in [-0.39, 0.29) is 0 Å². The lowest BCUT2D eigenvalue weighted by molar-refractivity contribution is 0.275. The molecule has 19 heavy (non-hydrogen) atoms. The van der Waals surface area contributed by atoms with Gasteiger partial charge in [-0.25, -0.2) is 0 Å². The first-order valence-corrected chi connectivity index (χ1v) is 8.74. The quantitative estimate of drug-likeness (QED) is 0.723. The maximum atomic E-state index is 4.42. The van der Waals surface area contributed by atoms with Crippen LogP contribution in [0.1, 0.15) is 44.7 Å². The Bertz CT molecular complexity index is 401. The van der Waals surface area contributed by atoms with E-state index in [0.29, 0.717) is 0 Å². The van der Waals surface area contributed by atoms with Gasteiger partial charge in [-0.05, 0) is 62.7 Å². The van der Waals surface area contributed by atoms with Gasteiger partial charge in [-0.3, -0.25) is 4.98 Å². The van der Waals surface area contributed by atoms with Crippen LogP contribution in [0, 0.1) is 11.8 Å². The largest absolute Gasteiger partial charge is 0.311 e. The van der Waals surface area contributed by atoms with E-state index in [1.165, 1.54) is 32.1 Å². The second-order valence-electron chi connectivity index (χ2n) is 5.67. The van der Waals surface area contributed by atoms with Gasteiger partial charge in [0.05, 0.1) is 5.69 Å². The van der Waals surface area contributed by atoms with E-state index < -0.39 is 0 Å². The zero-order valence-corrected chi connectivity index (χ0v) is 14.6. The van der Waals surface area contributed by atoms with Crippen molar-refractivity contribution in [3.05, 3.63) is 26.9 Å². The van der Waals surface area contributed by atoms with Gasteiger partial charge in [0.1, 0.15) is 0 Å². The highest BCUT2D eigenvalue weighted by Gasteiger charge is 2.17. The second-order valence-corrected chi connectivity index (χ2v) is 7.44. The Morgan fingerprint density at radius 2 is 2.00 bits per heavy atom. The fraction of sp³-hybridized carbons (Fsp3) is 0.667. The molecule has 1 aromatic heterocycles. The zero-order chi connectivity index (χ0) is 13.7. The van der Waals surface area contributed by atoms with Crippen LogP contribution in [0.25, 0.3) is 0 Å². The third-order valence-electron chi connectivity index (χ3n) is 4.04. The molecule has 0 atom stereocenters. The van der Waals surface area contributed by atoms with Crippen molar-refractivity contribution in [1.29, 1.82) is 0 Å². The molecule has 1 aliphatic rings. The van der Waals surface area contributed by atoms with Crippen LogP contribution >= 0.6 is 31.9 Å². The van der Waals surface area contributed by atoms with E-state index in [1.54, 1.807) is 0 Å². The van der Waals surface area contributed by atoms with Crippen molar-refractivity contribution in [3.8, 4) is 0 Å². The Morgan fingerprint density at radius 1 is 1.26 bits per heavy atom. The van der Waals surface area contributed by atoms with Gasteiger partial charge in [0.15, 0.2) is 0 Å². The highest BCUT2D eigenvalue weighted by Crippen LogP contribution is 2.30. The highest BCUT2D eigenvalue weighted by molar-refractivity contribution is 9.11. The van der Waals surface area contributed by atoms with Crippen LogP contribution in [0.4, 0.5) is 0 Å². The van der Waals surface area contributed by atoms with Crippen molar-refractivity contribution in [1.82, 2.24) is 10.3 Å². The van der Waals surface area contributed by atoms with Crippen molar-refractivity contribution < 1.29 is 0 Å². The molecule has 1 aromatic rings. The van der Waals surface area contributed by atoms with Gasteiger partial charge in [-0.1, -0.05) is 32.6 Å². The van der Waals surface area contributed by atoms with Gasteiger partial charge in [-0.15, -0.1) is 0 Å². The van der Waals surface area contributed by atoms with Crippen LogP contribution in [0.3, 0.4) is 0 Å². The molecule has 0 aliphatic heterocycles. The number of nitrogens with one attached hydrogen (secondary N) is 1. The summed E-state index contributed by atoms with van der Waals surface area (Å²) in [4.78, 5) is 4.42. The lowest BCUT2D eigenvalue weighted by Crippen LogP contribution is -2.21. The molecule has 0 aromatic carbocycles. The molecule has 0 radical (unpaired) electrons. The van der Waals surface area contributed by atoms with E-state index >= 15 is 0 Å². The molecule has 0 bridgehead atoms. The summed E-state index contributed by atoms with van der Waals surface area (Å²) < 4.78 is 2.08. The number of hydrogen-bond donors (Lipinski definition) is 1. The predicted molar refractivity (Wildman–Crippen MR) is 87.1 cm³/mol. The maximum Gasteiger partial charge on any atom is 0.0684 e. The first kappa shape index (κ1) is 15.5. The molecular formula is C15H22Br2N2. The Labute approximate surface area is 133 Å². The van der Waals surface area contributed by atoms with Crippen molar-refractivity contribution in [3.63, 3.8) is 0 Å². The van der Waals surface area contributed by atoms with E-state index in [2.05, 4.69) is 49.1 Å². The summed E-state index contributed by atoms with van der Waals surface area (Å²) in [6.07, 6.45) is 8.84. The molecule has 2 rings (SSSR count). The van der Waals surface area contributed by atoms with Crippen LogP contribution in [0.5, 0.6) is 0 Å². The molecule has 4 heteroatoms. The summed E-state index contributed by atoms with van der Waals surface area (Å²) in [5.74, 6) is 1.89. The third kappa shape index (κ3) is 5.16. The fourth-order valence-corrected chi connectivity index (χ4v) is 3.83. The third-order valence-corrected chi connectivity index (χ3v) is 5.16. The molecule has 106 valence electrons. The van der Waals surface area contributed by atoms with E-state index in [1.807, 2.05) is 12.3 Å². The summed E-state index contributed by atoms with van der Waals surface area (Å²) in [6, 6.07) is 2.05. The Hall–Kier alpha value is 0.0700. The highest BCUT2D eigenvalue weighted by atomic mass is 79.9. The summed E-state index contributed by atoms with van der Waals surface area (Å²) in [5.41, 5.74) is 1.08. The Kier molecular flexibility index (Phi) is 6.30. The van der Waals surface area contributed by atoms with Crippen LogP contribution in [0.15, 0.2) is 21.2 Å². The lowest BCUT2D eigenvalue weighted by atomic mass is 9.81. The monoisotopic (exact) mass is 388 g/mol. The maximum absolute atomic E-state index is 4.42. The zero-order valence-electron chi connectivity index (χ0n) is 11.5. The number of aromatic nitrogens is 1. The molecule has 1 heterocycles. The normalized spacial score (nSPS) is 23.5. The summed E-state index contributed by atoms with van der Waals surface area (Å²) in [7, 11) is 0. The smallest absolute Gasteiger partial charge is 0.0684 e. The van der Waals surface area contributed by atoms with Gasteiger partial charge < -0.3 is 5.32 Å². The van der Waals surface area contributed by atoms with E-state index in [0.717, 1.165) is 39.6 Å². The molecule has 2 nitrogen and oxygen atoms in total. The average Bonchev–Trinajstić information content (AvgIpc) is 2.39. The number of halogens is 2. The van der Waals surface area contributed by atoms with Gasteiger partial charge in [0.2, 0.25) is 0 Å². The lowest BCUT2D eigenvalue weighted by Gasteiger charge is -2.26. The molecule has 0 amide bonds. The molecule has 0 saturated heterocycles. The number of nitrogens with zero attached hydrogens (tertiary/aromatic N) is 1. The molecule has 1 saturated carbocycles. The first-order valence-electron chi connectivity index (χ1n) is 7.16. The average molecular weight is 390 g/mol. The van der Waals surface area contributed by atoms with Gasteiger partial charge in [-0.2, -0.15) is 0 Å². The fourth-order valence-electron chi connectivity index (χ4n) is 2.70. The standard InChI is InChI=1S/C15H22Br2N2/c1-11-2-4-12(5-3-11)6-7-18-10-15-14(17)8-13(16)9-19-15/h8-9,11-12,18H,2-7,10H2,1H3. The SMILES string of the molecule is CC1CCC(CCNCc2ncc(Br)cc2Br)CC1. The summed E-state index contributed by atoms with van der Waals surface area (Å²) in [5, 5.41) is 3.51. The number of hydrogen-bond acceptors (Lipinski definition) is 2. The van der Waals surface area contributed by atoms with Gasteiger partial charge >= 0.3 is 0 Å². The van der Waals surface area contributed by atoms with Gasteiger partial charge in [0.25, 0.3) is 0 Å². The van der Waals surface area contributed by atoms with Crippen LogP contribution in [-0.2, 0) is 6.54 Å². The molecule has 1 aliphatic carbocycles. The number of rotatable bonds is 5. The second kappa shape index (κ2) is 7.75. The minimum atomic E-state index is 0.844. The van der Waals surface area contributed by atoms with Gasteiger partial charge in [0, 0.05) is 21.7 Å². The first-order chi connectivity index (χ1) is 9.15. The number of pyridine rings is 1. The molecule has 1 fully saturated rings. The Morgan fingerprint density at radius 3 is 2.68 bits per heavy atom. The van der Waals surface area contributed by atoms with Crippen molar-refractivity contribution >= 4 is 31.9 Å². The van der Waals surface area contributed by atoms with Crippen molar-refractivity contribution in [2.75, 3.05) is 6.54 Å². The van der Waals surface area contributed by atoms with Crippen LogP contribution in [-0.4, -0.2) is 11.5 Å². The van der Waals surface area contributed by atoms with Crippen LogP contribution < -0.4 is 5.32 Å². The predicted octanol–water partition coefficient (Wildman–Crippen LogP) is 4.91. The summed E-state index contributed by atoms with van der Waals surface area (Å²) >= 11 is 6.97. The minimum Gasteiger partial charge on any atom is -0.311 e. The Balaban J connectivity index is 1.66. The summed E-state index contributed by atoms with van der Waals surface area (Å²) in [6.45, 7) is 4.32. The van der Waals surface area contributed by atoms with E-state index in [4.69, 9.17) is 0 Å².